The van der Waals surface area contributed by atoms with Gasteiger partial charge in [0.1, 0.15) is 11.4 Å². The van der Waals surface area contributed by atoms with Crippen LogP contribution in [-0.4, -0.2) is 33.1 Å². The largest absolute Gasteiger partial charge is 0.508 e. The summed E-state index contributed by atoms with van der Waals surface area (Å²) in [6.45, 7) is 8.42. The van der Waals surface area contributed by atoms with Crippen molar-refractivity contribution in [1.82, 2.24) is 15.1 Å². The van der Waals surface area contributed by atoms with Crippen LogP contribution in [0, 0.1) is 6.92 Å². The molecule has 0 aliphatic rings. The summed E-state index contributed by atoms with van der Waals surface area (Å²) in [7, 11) is 0. The third-order valence-corrected chi connectivity index (χ3v) is 3.17. The predicted octanol–water partition coefficient (Wildman–Crippen LogP) is 3.09. The van der Waals surface area contributed by atoms with Gasteiger partial charge in [0.2, 0.25) is 0 Å². The number of alkyl carbamates (subject to hydrolysis) is 1. The van der Waals surface area contributed by atoms with Gasteiger partial charge in [0, 0.05) is 18.3 Å². The zero-order valence-electron chi connectivity index (χ0n) is 14.0. The summed E-state index contributed by atoms with van der Waals surface area (Å²) >= 11 is 0. The minimum absolute atomic E-state index is 0.227. The van der Waals surface area contributed by atoms with Crippen molar-refractivity contribution >= 4 is 6.09 Å². The SMILES string of the molecule is Cc1ccc(O)cc1-c1cnn(CCNC(=O)OC(C)(C)C)c1. The van der Waals surface area contributed by atoms with E-state index in [9.17, 15) is 9.90 Å². The zero-order chi connectivity index (χ0) is 17.0. The van der Waals surface area contributed by atoms with Crippen molar-refractivity contribution in [1.29, 1.82) is 0 Å². The molecule has 1 amide bonds. The Balaban J connectivity index is 1.93. The molecule has 0 fully saturated rings. The van der Waals surface area contributed by atoms with E-state index < -0.39 is 11.7 Å². The van der Waals surface area contributed by atoms with Gasteiger partial charge in [0.25, 0.3) is 0 Å². The van der Waals surface area contributed by atoms with Gasteiger partial charge >= 0.3 is 6.09 Å². The molecule has 0 unspecified atom stereocenters. The lowest BCUT2D eigenvalue weighted by atomic mass is 10.0. The minimum atomic E-state index is -0.504. The molecule has 6 nitrogen and oxygen atoms in total. The zero-order valence-corrected chi connectivity index (χ0v) is 14.0. The first-order chi connectivity index (χ1) is 10.7. The van der Waals surface area contributed by atoms with E-state index in [0.29, 0.717) is 13.1 Å². The molecule has 6 heteroatoms. The van der Waals surface area contributed by atoms with E-state index in [4.69, 9.17) is 4.74 Å². The van der Waals surface area contributed by atoms with E-state index in [0.717, 1.165) is 16.7 Å². The van der Waals surface area contributed by atoms with Gasteiger partial charge in [-0.25, -0.2) is 4.79 Å². The molecule has 0 atom stereocenters. The van der Waals surface area contributed by atoms with Crippen molar-refractivity contribution in [3.63, 3.8) is 0 Å². The molecule has 2 rings (SSSR count). The smallest absolute Gasteiger partial charge is 0.407 e. The van der Waals surface area contributed by atoms with E-state index >= 15 is 0 Å². The topological polar surface area (TPSA) is 76.4 Å². The van der Waals surface area contributed by atoms with Crippen molar-refractivity contribution in [2.24, 2.45) is 0 Å². The number of phenols is 1. The fourth-order valence-corrected chi connectivity index (χ4v) is 2.13. The van der Waals surface area contributed by atoms with Gasteiger partial charge in [-0.3, -0.25) is 4.68 Å². The van der Waals surface area contributed by atoms with Crippen molar-refractivity contribution in [2.45, 2.75) is 39.8 Å². The number of aromatic nitrogens is 2. The van der Waals surface area contributed by atoms with E-state index in [1.165, 1.54) is 0 Å². The molecule has 0 aliphatic carbocycles. The molecule has 1 aromatic carbocycles. The molecular weight excluding hydrogens is 294 g/mol. The Kier molecular flexibility index (Phi) is 4.93. The van der Waals surface area contributed by atoms with E-state index in [1.54, 1.807) is 23.0 Å². The number of nitrogens with one attached hydrogen (secondary N) is 1. The summed E-state index contributed by atoms with van der Waals surface area (Å²) in [5, 5.41) is 16.6. The lowest BCUT2D eigenvalue weighted by Gasteiger charge is -2.19. The highest BCUT2D eigenvalue weighted by molar-refractivity contribution is 5.68. The molecule has 1 heterocycles. The van der Waals surface area contributed by atoms with Crippen LogP contribution in [0.15, 0.2) is 30.6 Å². The van der Waals surface area contributed by atoms with Crippen molar-refractivity contribution in [2.75, 3.05) is 6.54 Å². The summed E-state index contributed by atoms with van der Waals surface area (Å²) in [6.07, 6.45) is 3.20. The fourth-order valence-electron chi connectivity index (χ4n) is 2.13. The summed E-state index contributed by atoms with van der Waals surface area (Å²) < 4.78 is 6.92. The average Bonchev–Trinajstić information content (AvgIpc) is 2.88. The molecule has 0 bridgehead atoms. The van der Waals surface area contributed by atoms with Gasteiger partial charge in [-0.1, -0.05) is 6.07 Å². The van der Waals surface area contributed by atoms with Crippen LogP contribution >= 0.6 is 0 Å². The van der Waals surface area contributed by atoms with Crippen LogP contribution in [0.2, 0.25) is 0 Å². The second kappa shape index (κ2) is 6.73. The Hall–Kier alpha value is -2.50. The highest BCUT2D eigenvalue weighted by Crippen LogP contribution is 2.26. The molecule has 0 saturated heterocycles. The summed E-state index contributed by atoms with van der Waals surface area (Å²) in [5.41, 5.74) is 2.43. The molecule has 0 radical (unpaired) electrons. The molecule has 124 valence electrons. The van der Waals surface area contributed by atoms with Gasteiger partial charge in [0.05, 0.1) is 12.7 Å². The number of carbonyl (C=O) groups is 1. The Morgan fingerprint density at radius 3 is 2.83 bits per heavy atom. The Morgan fingerprint density at radius 1 is 1.39 bits per heavy atom. The Labute approximate surface area is 136 Å². The van der Waals surface area contributed by atoms with Gasteiger partial charge < -0.3 is 15.2 Å². The van der Waals surface area contributed by atoms with Gasteiger partial charge in [0.15, 0.2) is 0 Å². The number of carbonyl (C=O) groups excluding carboxylic acids is 1. The maximum Gasteiger partial charge on any atom is 0.407 e. The standard InChI is InChI=1S/C17H23N3O3/c1-12-5-6-14(21)9-15(12)13-10-19-20(11-13)8-7-18-16(22)23-17(2,3)4/h5-6,9-11,21H,7-8H2,1-4H3,(H,18,22). The number of rotatable bonds is 4. The lowest BCUT2D eigenvalue weighted by molar-refractivity contribution is 0.0525. The van der Waals surface area contributed by atoms with Crippen LogP contribution in [0.3, 0.4) is 0 Å². The predicted molar refractivity (Wildman–Crippen MR) is 88.3 cm³/mol. The summed E-state index contributed by atoms with van der Waals surface area (Å²) in [5.74, 6) is 0.227. The average molecular weight is 317 g/mol. The third kappa shape index (κ3) is 5.02. The molecule has 0 aliphatic heterocycles. The van der Waals surface area contributed by atoms with Crippen LogP contribution in [-0.2, 0) is 11.3 Å². The highest BCUT2D eigenvalue weighted by Gasteiger charge is 2.15. The molecule has 2 N–H and O–H groups in total. The van der Waals surface area contributed by atoms with E-state index in [1.807, 2.05) is 40.0 Å². The number of aryl methyl sites for hydroxylation is 1. The first kappa shape index (κ1) is 16.9. The fraction of sp³-hybridized carbons (Fsp3) is 0.412. The van der Waals surface area contributed by atoms with Gasteiger partial charge in [-0.15, -0.1) is 0 Å². The van der Waals surface area contributed by atoms with Crippen LogP contribution in [0.4, 0.5) is 4.79 Å². The Morgan fingerprint density at radius 2 is 2.13 bits per heavy atom. The quantitative estimate of drug-likeness (QED) is 0.908. The lowest BCUT2D eigenvalue weighted by Crippen LogP contribution is -2.34. The summed E-state index contributed by atoms with van der Waals surface area (Å²) in [4.78, 5) is 11.6. The monoisotopic (exact) mass is 317 g/mol. The number of hydrogen-bond donors (Lipinski definition) is 2. The van der Waals surface area contributed by atoms with E-state index in [-0.39, 0.29) is 5.75 Å². The molecule has 2 aromatic rings. The maximum absolute atomic E-state index is 11.6. The maximum atomic E-state index is 11.6. The van der Waals surface area contributed by atoms with Crippen molar-refractivity contribution in [3.8, 4) is 16.9 Å². The number of aromatic hydroxyl groups is 1. The van der Waals surface area contributed by atoms with Crippen LogP contribution < -0.4 is 5.32 Å². The molecular formula is C17H23N3O3. The number of phenolic OH excluding ortho intramolecular Hbond substituents is 1. The molecule has 0 spiro atoms. The number of benzene rings is 1. The number of nitrogens with zero attached hydrogens (tertiary/aromatic N) is 2. The highest BCUT2D eigenvalue weighted by atomic mass is 16.6. The summed E-state index contributed by atoms with van der Waals surface area (Å²) in [6, 6.07) is 5.25. The number of amides is 1. The van der Waals surface area contributed by atoms with Gasteiger partial charge in [-0.2, -0.15) is 5.10 Å². The van der Waals surface area contributed by atoms with Crippen LogP contribution in [0.1, 0.15) is 26.3 Å². The third-order valence-electron chi connectivity index (χ3n) is 3.17. The second-order valence-corrected chi connectivity index (χ2v) is 6.42. The Bertz CT molecular complexity index is 687. The van der Waals surface area contributed by atoms with Crippen LogP contribution in [0.5, 0.6) is 5.75 Å². The number of ether oxygens (including phenoxy) is 1. The minimum Gasteiger partial charge on any atom is -0.508 e. The van der Waals surface area contributed by atoms with Crippen molar-refractivity contribution in [3.05, 3.63) is 36.2 Å². The first-order valence-electron chi connectivity index (χ1n) is 7.54. The first-order valence-corrected chi connectivity index (χ1v) is 7.54. The molecule has 0 saturated carbocycles. The normalized spacial score (nSPS) is 11.3. The van der Waals surface area contributed by atoms with Crippen molar-refractivity contribution < 1.29 is 14.6 Å². The van der Waals surface area contributed by atoms with E-state index in [2.05, 4.69) is 10.4 Å². The molecule has 1 aromatic heterocycles. The van der Waals surface area contributed by atoms with Crippen LogP contribution in [0.25, 0.3) is 11.1 Å². The van der Waals surface area contributed by atoms with Gasteiger partial charge in [-0.05, 0) is 51.0 Å². The number of hydrogen-bond acceptors (Lipinski definition) is 4. The second-order valence-electron chi connectivity index (χ2n) is 6.42. The molecule has 23 heavy (non-hydrogen) atoms.